The summed E-state index contributed by atoms with van der Waals surface area (Å²) in [5, 5.41) is 4.16. The number of hydrogen-bond donors (Lipinski definition) is 1. The van der Waals surface area contributed by atoms with Crippen LogP contribution in [-0.2, 0) is 4.79 Å². The molecule has 1 N–H and O–H groups in total. The molecule has 0 spiro atoms. The number of benzene rings is 1. The largest absolute Gasteiger partial charge is 0.344 e. The molecule has 1 amide bonds. The van der Waals surface area contributed by atoms with Gasteiger partial charge in [-0.25, -0.2) is 0 Å². The molecule has 0 aromatic heterocycles. The number of nitrogens with zero attached hydrogens (tertiary/aromatic N) is 1. The van der Waals surface area contributed by atoms with Crippen LogP contribution in [0.15, 0.2) is 18.2 Å². The number of nitrogens with one attached hydrogen (secondary N) is 1. The first-order valence-corrected chi connectivity index (χ1v) is 7.14. The lowest BCUT2D eigenvalue weighted by atomic mass is 10.1. The van der Waals surface area contributed by atoms with Crippen LogP contribution in [0.5, 0.6) is 0 Å². The van der Waals surface area contributed by atoms with Gasteiger partial charge in [0.1, 0.15) is 0 Å². The summed E-state index contributed by atoms with van der Waals surface area (Å²) in [7, 11) is 3.73. The lowest BCUT2D eigenvalue weighted by Gasteiger charge is -2.16. The SMILES string of the molecule is CNCCN(C)C(=O)C1CC1c1ccc(Cl)c(Cl)c1.Cl. The van der Waals surface area contributed by atoms with Gasteiger partial charge in [-0.2, -0.15) is 0 Å². The molecule has 1 aromatic rings. The van der Waals surface area contributed by atoms with E-state index in [4.69, 9.17) is 23.2 Å². The molecule has 2 rings (SSSR count). The fraction of sp³-hybridized carbons (Fsp3) is 0.500. The Hall–Kier alpha value is -0.480. The van der Waals surface area contributed by atoms with Gasteiger partial charge in [-0.1, -0.05) is 29.3 Å². The third kappa shape index (κ3) is 4.01. The maximum atomic E-state index is 12.2. The van der Waals surface area contributed by atoms with E-state index >= 15 is 0 Å². The van der Waals surface area contributed by atoms with E-state index in [-0.39, 0.29) is 24.2 Å². The third-order valence-electron chi connectivity index (χ3n) is 3.55. The summed E-state index contributed by atoms with van der Waals surface area (Å²) < 4.78 is 0. The minimum absolute atomic E-state index is 0. The minimum atomic E-state index is 0. The smallest absolute Gasteiger partial charge is 0.226 e. The van der Waals surface area contributed by atoms with Crippen LogP contribution in [0.3, 0.4) is 0 Å². The number of halogens is 3. The van der Waals surface area contributed by atoms with Crippen LogP contribution in [0.2, 0.25) is 10.0 Å². The second-order valence-electron chi connectivity index (χ2n) is 4.99. The third-order valence-corrected chi connectivity index (χ3v) is 4.29. The van der Waals surface area contributed by atoms with Crippen molar-refractivity contribution in [1.29, 1.82) is 0 Å². The van der Waals surface area contributed by atoms with Gasteiger partial charge in [-0.05, 0) is 37.1 Å². The summed E-state index contributed by atoms with van der Waals surface area (Å²) in [5.41, 5.74) is 1.11. The summed E-state index contributed by atoms with van der Waals surface area (Å²) in [4.78, 5) is 14.0. The van der Waals surface area contributed by atoms with Crippen molar-refractivity contribution in [3.8, 4) is 0 Å². The number of rotatable bonds is 5. The van der Waals surface area contributed by atoms with Crippen molar-refractivity contribution in [3.63, 3.8) is 0 Å². The summed E-state index contributed by atoms with van der Waals surface area (Å²) in [5.74, 6) is 0.602. The second-order valence-corrected chi connectivity index (χ2v) is 5.80. The molecule has 0 heterocycles. The van der Waals surface area contributed by atoms with Gasteiger partial charge in [-0.3, -0.25) is 4.79 Å². The van der Waals surface area contributed by atoms with Crippen LogP contribution >= 0.6 is 35.6 Å². The second kappa shape index (κ2) is 7.51. The lowest BCUT2D eigenvalue weighted by Crippen LogP contribution is -2.34. The van der Waals surface area contributed by atoms with Gasteiger partial charge in [0.05, 0.1) is 10.0 Å². The Labute approximate surface area is 136 Å². The van der Waals surface area contributed by atoms with Crippen molar-refractivity contribution in [3.05, 3.63) is 33.8 Å². The highest BCUT2D eigenvalue weighted by Crippen LogP contribution is 2.49. The Kier molecular flexibility index (Phi) is 6.59. The van der Waals surface area contributed by atoms with Gasteiger partial charge in [0.15, 0.2) is 0 Å². The molecule has 6 heteroatoms. The number of likely N-dealkylation sites (N-methyl/N-ethyl adjacent to an activating group) is 2. The van der Waals surface area contributed by atoms with Crippen LogP contribution < -0.4 is 5.32 Å². The predicted molar refractivity (Wildman–Crippen MR) is 86.1 cm³/mol. The number of amides is 1. The van der Waals surface area contributed by atoms with Crippen molar-refractivity contribution in [2.24, 2.45) is 5.92 Å². The van der Waals surface area contributed by atoms with Crippen molar-refractivity contribution in [1.82, 2.24) is 10.2 Å². The Morgan fingerprint density at radius 3 is 2.70 bits per heavy atom. The standard InChI is InChI=1S/C14H18Cl2N2O.ClH/c1-17-5-6-18(2)14(19)11-8-10(11)9-3-4-12(15)13(16)7-9;/h3-4,7,10-11,17H,5-6,8H2,1-2H3;1H. The molecular formula is C14H19Cl3N2O. The average molecular weight is 338 g/mol. The summed E-state index contributed by atoms with van der Waals surface area (Å²) in [6, 6.07) is 5.62. The number of carbonyl (C=O) groups is 1. The quantitative estimate of drug-likeness (QED) is 0.895. The van der Waals surface area contributed by atoms with E-state index in [0.717, 1.165) is 25.1 Å². The summed E-state index contributed by atoms with van der Waals surface area (Å²) in [6.07, 6.45) is 0.903. The zero-order chi connectivity index (χ0) is 14.0. The van der Waals surface area contributed by atoms with E-state index in [9.17, 15) is 4.79 Å². The van der Waals surface area contributed by atoms with E-state index in [2.05, 4.69) is 5.32 Å². The number of hydrogen-bond acceptors (Lipinski definition) is 2. The summed E-state index contributed by atoms with van der Waals surface area (Å²) >= 11 is 11.9. The van der Waals surface area contributed by atoms with Gasteiger partial charge < -0.3 is 10.2 Å². The normalized spacial score (nSPS) is 20.2. The predicted octanol–water partition coefficient (Wildman–Crippen LogP) is 3.20. The molecule has 0 bridgehead atoms. The highest BCUT2D eigenvalue weighted by molar-refractivity contribution is 6.42. The first-order chi connectivity index (χ1) is 9.04. The Balaban J connectivity index is 0.00000200. The maximum Gasteiger partial charge on any atom is 0.226 e. The van der Waals surface area contributed by atoms with Crippen LogP contribution in [0.25, 0.3) is 0 Å². The first-order valence-electron chi connectivity index (χ1n) is 6.39. The van der Waals surface area contributed by atoms with Gasteiger partial charge in [0.2, 0.25) is 5.91 Å². The Morgan fingerprint density at radius 1 is 1.40 bits per heavy atom. The molecule has 1 aromatic carbocycles. The summed E-state index contributed by atoms with van der Waals surface area (Å²) in [6.45, 7) is 1.55. The van der Waals surface area contributed by atoms with Gasteiger partial charge in [0, 0.05) is 26.1 Å². The van der Waals surface area contributed by atoms with Crippen molar-refractivity contribution in [2.75, 3.05) is 27.2 Å². The van der Waals surface area contributed by atoms with Crippen molar-refractivity contribution < 1.29 is 4.79 Å². The zero-order valence-electron chi connectivity index (χ0n) is 11.5. The molecule has 1 aliphatic rings. The Morgan fingerprint density at radius 2 is 2.10 bits per heavy atom. The van der Waals surface area contributed by atoms with Crippen LogP contribution in [0, 0.1) is 5.92 Å². The van der Waals surface area contributed by atoms with E-state index < -0.39 is 0 Å². The minimum Gasteiger partial charge on any atom is -0.344 e. The Bertz CT molecular complexity index is 481. The van der Waals surface area contributed by atoms with E-state index in [1.165, 1.54) is 0 Å². The molecule has 3 nitrogen and oxygen atoms in total. The van der Waals surface area contributed by atoms with Gasteiger partial charge in [0.25, 0.3) is 0 Å². The average Bonchev–Trinajstić information content (AvgIpc) is 3.18. The molecule has 2 unspecified atom stereocenters. The molecule has 112 valence electrons. The molecular weight excluding hydrogens is 319 g/mol. The topological polar surface area (TPSA) is 32.3 Å². The first kappa shape index (κ1) is 17.6. The molecule has 1 saturated carbocycles. The van der Waals surface area contributed by atoms with Crippen molar-refractivity contribution in [2.45, 2.75) is 12.3 Å². The molecule has 0 saturated heterocycles. The van der Waals surface area contributed by atoms with Crippen LogP contribution in [0.1, 0.15) is 17.9 Å². The fourth-order valence-electron chi connectivity index (χ4n) is 2.25. The van der Waals surface area contributed by atoms with E-state index in [1.54, 1.807) is 11.0 Å². The van der Waals surface area contributed by atoms with Crippen LogP contribution in [0.4, 0.5) is 0 Å². The molecule has 20 heavy (non-hydrogen) atoms. The highest BCUT2D eigenvalue weighted by atomic mass is 35.5. The molecule has 1 aliphatic carbocycles. The van der Waals surface area contributed by atoms with E-state index in [1.807, 2.05) is 26.2 Å². The molecule has 0 radical (unpaired) electrons. The molecule has 1 fully saturated rings. The maximum absolute atomic E-state index is 12.2. The van der Waals surface area contributed by atoms with Crippen LogP contribution in [-0.4, -0.2) is 38.0 Å². The molecule has 0 aliphatic heterocycles. The monoisotopic (exact) mass is 336 g/mol. The highest BCUT2D eigenvalue weighted by Gasteiger charge is 2.45. The van der Waals surface area contributed by atoms with Gasteiger partial charge in [-0.15, -0.1) is 12.4 Å². The van der Waals surface area contributed by atoms with E-state index in [0.29, 0.717) is 16.0 Å². The number of carbonyl (C=O) groups excluding carboxylic acids is 1. The fourth-order valence-corrected chi connectivity index (χ4v) is 2.56. The zero-order valence-corrected chi connectivity index (χ0v) is 13.9. The van der Waals surface area contributed by atoms with Gasteiger partial charge >= 0.3 is 0 Å². The van der Waals surface area contributed by atoms with Crippen molar-refractivity contribution >= 4 is 41.5 Å². The molecule has 2 atom stereocenters. The lowest BCUT2D eigenvalue weighted by molar-refractivity contribution is -0.131.